The molecule has 166 valence electrons. The van der Waals surface area contributed by atoms with Crippen LogP contribution in [-0.4, -0.2) is 5.78 Å². The summed E-state index contributed by atoms with van der Waals surface area (Å²) >= 11 is 7.81. The number of carbonyl (C=O) groups is 1. The van der Waals surface area contributed by atoms with Crippen LogP contribution in [0.5, 0.6) is 0 Å². The molecule has 2 aromatic rings. The quantitative estimate of drug-likeness (QED) is 0.564. The van der Waals surface area contributed by atoms with Crippen molar-refractivity contribution >= 4 is 34.4 Å². The lowest BCUT2D eigenvalue weighted by Crippen LogP contribution is -2.38. The van der Waals surface area contributed by atoms with Gasteiger partial charge in [-0.2, -0.15) is 18.4 Å². The van der Waals surface area contributed by atoms with E-state index in [9.17, 15) is 23.2 Å². The number of anilines is 1. The minimum Gasteiger partial charge on any atom is -0.384 e. The van der Waals surface area contributed by atoms with Crippen LogP contribution in [0.2, 0.25) is 5.02 Å². The highest BCUT2D eigenvalue weighted by Crippen LogP contribution is 2.49. The van der Waals surface area contributed by atoms with Gasteiger partial charge in [-0.3, -0.25) is 9.69 Å². The first-order chi connectivity index (χ1) is 15.2. The summed E-state index contributed by atoms with van der Waals surface area (Å²) < 4.78 is 40.2. The number of aryl methyl sites for hydroxylation is 1. The van der Waals surface area contributed by atoms with Crippen LogP contribution < -0.4 is 10.6 Å². The SMILES string of the molecule is CCc1ccc([C@@H]2C(C#N)=C(N)N(c3cc(C(F)(F)F)ccc3Cl)C3=C2C(=O)CCC3)s1. The molecule has 2 heterocycles. The predicted octanol–water partition coefficient (Wildman–Crippen LogP) is 6.29. The fraction of sp³-hybridized carbons (Fsp3) is 0.304. The molecule has 0 radical (unpaired) electrons. The molecule has 1 aromatic carbocycles. The fourth-order valence-electron chi connectivity index (χ4n) is 4.25. The van der Waals surface area contributed by atoms with E-state index in [1.165, 1.54) is 16.2 Å². The Bertz CT molecular complexity index is 1210. The van der Waals surface area contributed by atoms with Crippen LogP contribution in [0.15, 0.2) is 53.0 Å². The average Bonchev–Trinajstić information content (AvgIpc) is 3.22. The van der Waals surface area contributed by atoms with Crippen molar-refractivity contribution in [3.8, 4) is 6.07 Å². The van der Waals surface area contributed by atoms with Crippen LogP contribution in [0.1, 0.15) is 47.4 Å². The number of Topliss-reactive ketones (excluding diaryl/α,β-unsaturated/α-hetero) is 1. The van der Waals surface area contributed by atoms with Crippen molar-refractivity contribution in [3.63, 3.8) is 0 Å². The number of ketones is 1. The molecule has 2 N–H and O–H groups in total. The Balaban J connectivity index is 1.97. The molecule has 0 unspecified atom stereocenters. The third-order valence-corrected chi connectivity index (χ3v) is 7.36. The van der Waals surface area contributed by atoms with E-state index in [0.29, 0.717) is 30.5 Å². The van der Waals surface area contributed by atoms with Crippen LogP contribution in [0.4, 0.5) is 18.9 Å². The maximum atomic E-state index is 13.4. The maximum absolute atomic E-state index is 13.4. The van der Waals surface area contributed by atoms with Crippen molar-refractivity contribution in [2.75, 3.05) is 4.90 Å². The minimum absolute atomic E-state index is 0.00128. The number of alkyl halides is 3. The van der Waals surface area contributed by atoms with E-state index in [1.807, 2.05) is 19.1 Å². The molecule has 1 aliphatic heterocycles. The van der Waals surface area contributed by atoms with Crippen LogP contribution in [0.3, 0.4) is 0 Å². The molecule has 1 atom stereocenters. The third-order valence-electron chi connectivity index (χ3n) is 5.74. The Morgan fingerprint density at radius 3 is 2.66 bits per heavy atom. The van der Waals surface area contributed by atoms with Gasteiger partial charge in [0.1, 0.15) is 5.82 Å². The number of rotatable bonds is 3. The Labute approximate surface area is 192 Å². The van der Waals surface area contributed by atoms with Crippen LogP contribution >= 0.6 is 22.9 Å². The summed E-state index contributed by atoms with van der Waals surface area (Å²) in [5.41, 5.74) is 6.60. The highest BCUT2D eigenvalue weighted by Gasteiger charge is 2.42. The van der Waals surface area contributed by atoms with Crippen LogP contribution in [-0.2, 0) is 17.4 Å². The van der Waals surface area contributed by atoms with Crippen molar-refractivity contribution in [2.24, 2.45) is 5.73 Å². The molecule has 2 aliphatic rings. The summed E-state index contributed by atoms with van der Waals surface area (Å²) in [4.78, 5) is 16.4. The zero-order chi connectivity index (χ0) is 23.2. The number of hydrogen-bond acceptors (Lipinski definition) is 5. The third kappa shape index (κ3) is 3.70. The van der Waals surface area contributed by atoms with E-state index in [-0.39, 0.29) is 27.9 Å². The molecule has 32 heavy (non-hydrogen) atoms. The predicted molar refractivity (Wildman–Crippen MR) is 118 cm³/mol. The second-order valence-corrected chi connectivity index (χ2v) is 9.24. The van der Waals surface area contributed by atoms with Crippen molar-refractivity contribution in [1.82, 2.24) is 0 Å². The van der Waals surface area contributed by atoms with Gasteiger partial charge < -0.3 is 5.73 Å². The molecule has 0 saturated carbocycles. The molecule has 4 nitrogen and oxygen atoms in total. The summed E-state index contributed by atoms with van der Waals surface area (Å²) in [6.45, 7) is 2.01. The van der Waals surface area contributed by atoms with Gasteiger partial charge in [0.05, 0.1) is 33.8 Å². The average molecular weight is 478 g/mol. The molecule has 0 bridgehead atoms. The number of thiophene rings is 1. The second-order valence-electron chi connectivity index (χ2n) is 7.64. The molecular weight excluding hydrogens is 459 g/mol. The summed E-state index contributed by atoms with van der Waals surface area (Å²) in [6, 6.07) is 8.91. The number of nitrogens with two attached hydrogens (primary N) is 1. The van der Waals surface area contributed by atoms with Gasteiger partial charge in [-0.25, -0.2) is 0 Å². The summed E-state index contributed by atoms with van der Waals surface area (Å²) in [7, 11) is 0. The van der Waals surface area contributed by atoms with E-state index >= 15 is 0 Å². The molecule has 0 amide bonds. The number of allylic oxidation sites excluding steroid dienone is 3. The summed E-state index contributed by atoms with van der Waals surface area (Å²) in [5.74, 6) is -0.761. The molecule has 9 heteroatoms. The number of benzene rings is 1. The van der Waals surface area contributed by atoms with Gasteiger partial charge in [-0.15, -0.1) is 11.3 Å². The topological polar surface area (TPSA) is 70.1 Å². The first-order valence-corrected chi connectivity index (χ1v) is 11.3. The van der Waals surface area contributed by atoms with E-state index in [4.69, 9.17) is 17.3 Å². The lowest BCUT2D eigenvalue weighted by Gasteiger charge is -2.39. The molecule has 0 spiro atoms. The van der Waals surface area contributed by atoms with Gasteiger partial charge in [-0.1, -0.05) is 18.5 Å². The highest BCUT2D eigenvalue weighted by molar-refractivity contribution is 7.12. The number of hydrogen-bond donors (Lipinski definition) is 1. The fourth-order valence-corrected chi connectivity index (χ4v) is 5.52. The Morgan fingerprint density at radius 1 is 1.28 bits per heavy atom. The van der Waals surface area contributed by atoms with E-state index in [2.05, 4.69) is 6.07 Å². The normalized spacial score (nSPS) is 19.3. The highest BCUT2D eigenvalue weighted by atomic mass is 35.5. The van der Waals surface area contributed by atoms with Crippen molar-refractivity contribution in [1.29, 1.82) is 5.26 Å². The molecule has 0 saturated heterocycles. The van der Waals surface area contributed by atoms with E-state index in [1.54, 1.807) is 0 Å². The number of halogens is 4. The first kappa shape index (κ1) is 22.4. The monoisotopic (exact) mass is 477 g/mol. The minimum atomic E-state index is -4.58. The van der Waals surface area contributed by atoms with Crippen molar-refractivity contribution < 1.29 is 18.0 Å². The van der Waals surface area contributed by atoms with E-state index in [0.717, 1.165) is 34.4 Å². The largest absolute Gasteiger partial charge is 0.416 e. The Kier molecular flexibility index (Phi) is 5.82. The van der Waals surface area contributed by atoms with Crippen LogP contribution in [0.25, 0.3) is 0 Å². The standard InChI is InChI=1S/C23H19ClF3N3OS/c1-2-13-7-9-19(32-13)20-14(11-28)22(29)30(16-4-3-5-18(31)21(16)20)17-10-12(23(25,26)27)6-8-15(17)24/h6-10,20H,2-5,29H2,1H3/t20-/m0/s1. The van der Waals surface area contributed by atoms with Gasteiger partial charge >= 0.3 is 6.18 Å². The van der Waals surface area contributed by atoms with Gasteiger partial charge in [-0.05, 0) is 49.6 Å². The van der Waals surface area contributed by atoms with Gasteiger partial charge in [0.25, 0.3) is 0 Å². The summed E-state index contributed by atoms with van der Waals surface area (Å²) in [6.07, 6.45) is -2.48. The van der Waals surface area contributed by atoms with Crippen molar-refractivity contribution in [2.45, 2.75) is 44.7 Å². The van der Waals surface area contributed by atoms with Crippen LogP contribution in [0, 0.1) is 11.3 Å². The second kappa shape index (κ2) is 8.30. The molecule has 1 aromatic heterocycles. The van der Waals surface area contributed by atoms with Crippen molar-refractivity contribution in [3.05, 3.63) is 73.3 Å². The maximum Gasteiger partial charge on any atom is 0.416 e. The Morgan fingerprint density at radius 2 is 2.03 bits per heavy atom. The number of nitriles is 1. The molecular formula is C23H19ClF3N3OS. The molecule has 4 rings (SSSR count). The van der Waals surface area contributed by atoms with E-state index < -0.39 is 17.7 Å². The zero-order valence-electron chi connectivity index (χ0n) is 17.1. The number of nitrogens with zero attached hydrogens (tertiary/aromatic N) is 2. The van der Waals surface area contributed by atoms with Gasteiger partial charge in [0, 0.05) is 27.4 Å². The zero-order valence-corrected chi connectivity index (χ0v) is 18.7. The molecule has 0 fully saturated rings. The smallest absolute Gasteiger partial charge is 0.384 e. The lowest BCUT2D eigenvalue weighted by atomic mass is 9.78. The van der Waals surface area contributed by atoms with Gasteiger partial charge in [0.15, 0.2) is 5.78 Å². The number of carbonyl (C=O) groups excluding carboxylic acids is 1. The lowest BCUT2D eigenvalue weighted by molar-refractivity contribution is -0.137. The Hall–Kier alpha value is -2.76. The first-order valence-electron chi connectivity index (χ1n) is 10.1. The van der Waals surface area contributed by atoms with Gasteiger partial charge in [0.2, 0.25) is 0 Å². The summed E-state index contributed by atoms with van der Waals surface area (Å²) in [5, 5.41) is 10.0. The molecule has 1 aliphatic carbocycles.